The first-order valence-electron chi connectivity index (χ1n) is 6.67. The van der Waals surface area contributed by atoms with Crippen LogP contribution in [0.4, 0.5) is 5.69 Å². The predicted octanol–water partition coefficient (Wildman–Crippen LogP) is 2.36. The van der Waals surface area contributed by atoms with Gasteiger partial charge in [-0.3, -0.25) is 14.6 Å². The number of alkyl halides is 2. The Hall–Kier alpha value is -0.750. The third kappa shape index (κ3) is 1.49. The summed E-state index contributed by atoms with van der Waals surface area (Å²) in [7, 11) is 0. The summed E-state index contributed by atoms with van der Waals surface area (Å²) in [6.07, 6.45) is 4.18. The number of aromatic nitrogens is 1. The lowest BCUT2D eigenvalue weighted by molar-refractivity contribution is -0.123. The van der Waals surface area contributed by atoms with Gasteiger partial charge in [0.1, 0.15) is 0 Å². The second-order valence-corrected chi connectivity index (χ2v) is 7.84. The van der Waals surface area contributed by atoms with Gasteiger partial charge >= 0.3 is 0 Å². The second-order valence-electron chi connectivity index (χ2n) is 5.73. The Balaban J connectivity index is 1.75. The molecule has 0 spiro atoms. The number of nitrogens with zero attached hydrogens (tertiary/aromatic N) is 2. The molecule has 0 aromatic carbocycles. The number of imide groups is 1. The molecule has 3 aliphatic rings. The maximum Gasteiger partial charge on any atom is 0.238 e. The zero-order chi connectivity index (χ0) is 14.0. The third-order valence-electron chi connectivity index (χ3n) is 4.89. The molecule has 1 aromatic rings. The fraction of sp³-hybridized carbons (Fsp3) is 0.500. The number of pyridine rings is 1. The molecule has 6 heteroatoms. The Morgan fingerprint density at radius 3 is 2.20 bits per heavy atom. The Morgan fingerprint density at radius 1 is 1.10 bits per heavy atom. The standard InChI is InChI=1S/C14H12Br2N2O2/c15-11-7-4-8(12(11)16)10-9(7)13(19)18(14(10)20)6-2-1-3-17-5-6/h1-3,5,7-12H,4H2/t7-,8-,9-,10+,11+,12+/m1/s1. The molecule has 1 aliphatic heterocycles. The summed E-state index contributed by atoms with van der Waals surface area (Å²) in [5.74, 6) is 0.0884. The van der Waals surface area contributed by atoms with E-state index in [-0.39, 0.29) is 45.1 Å². The lowest BCUT2D eigenvalue weighted by Crippen LogP contribution is -2.37. The molecule has 104 valence electrons. The Labute approximate surface area is 133 Å². The fourth-order valence-electron chi connectivity index (χ4n) is 4.09. The van der Waals surface area contributed by atoms with Gasteiger partial charge in [-0.05, 0) is 30.4 Å². The zero-order valence-electron chi connectivity index (χ0n) is 10.4. The number of carbonyl (C=O) groups excluding carboxylic acids is 2. The first-order chi connectivity index (χ1) is 9.61. The highest BCUT2D eigenvalue weighted by molar-refractivity contribution is 9.12. The molecule has 0 N–H and O–H groups in total. The van der Waals surface area contributed by atoms with Crippen LogP contribution >= 0.6 is 31.9 Å². The number of amides is 2. The van der Waals surface area contributed by atoms with Crippen molar-refractivity contribution in [2.45, 2.75) is 16.1 Å². The molecule has 6 atom stereocenters. The van der Waals surface area contributed by atoms with Crippen LogP contribution in [0, 0.1) is 23.7 Å². The number of fused-ring (bicyclic) bond motifs is 5. The smallest absolute Gasteiger partial charge is 0.238 e. The van der Waals surface area contributed by atoms with Gasteiger partial charge in [-0.15, -0.1) is 0 Å². The Kier molecular flexibility index (Phi) is 2.83. The molecular weight excluding hydrogens is 388 g/mol. The minimum absolute atomic E-state index is 0.0515. The maximum absolute atomic E-state index is 12.7. The van der Waals surface area contributed by atoms with Crippen LogP contribution in [0.5, 0.6) is 0 Å². The minimum atomic E-state index is -0.161. The minimum Gasteiger partial charge on any atom is -0.274 e. The van der Waals surface area contributed by atoms with Crippen LogP contribution in [0.15, 0.2) is 24.5 Å². The Bertz CT molecular complexity index is 562. The summed E-state index contributed by atoms with van der Waals surface area (Å²) in [5.41, 5.74) is 0.591. The molecule has 2 amide bonds. The predicted molar refractivity (Wildman–Crippen MR) is 80.7 cm³/mol. The monoisotopic (exact) mass is 398 g/mol. The van der Waals surface area contributed by atoms with E-state index in [4.69, 9.17) is 0 Å². The van der Waals surface area contributed by atoms with Gasteiger partial charge in [0.2, 0.25) is 11.8 Å². The average molecular weight is 400 g/mol. The number of rotatable bonds is 1. The molecule has 2 aliphatic carbocycles. The first kappa shape index (κ1) is 13.0. The SMILES string of the molecule is O=C1[C@@H]2[C@H]3C[C@@H]([C@H](Br)[C@H]3Br)[C@@H]2C(=O)N1c1cccnc1. The molecule has 1 saturated heterocycles. The summed E-state index contributed by atoms with van der Waals surface area (Å²) in [6, 6.07) is 3.52. The van der Waals surface area contributed by atoms with Crippen molar-refractivity contribution < 1.29 is 9.59 Å². The van der Waals surface area contributed by atoms with Crippen LogP contribution in [0.1, 0.15) is 6.42 Å². The molecule has 2 bridgehead atoms. The summed E-state index contributed by atoms with van der Waals surface area (Å²) in [6.45, 7) is 0. The Morgan fingerprint density at radius 2 is 1.70 bits per heavy atom. The molecule has 4 nitrogen and oxygen atoms in total. The van der Waals surface area contributed by atoms with E-state index in [1.165, 1.54) is 4.90 Å². The van der Waals surface area contributed by atoms with Gasteiger partial charge in [-0.25, -0.2) is 4.90 Å². The van der Waals surface area contributed by atoms with Gasteiger partial charge in [0.25, 0.3) is 0 Å². The molecule has 3 fully saturated rings. The van der Waals surface area contributed by atoms with E-state index in [0.717, 1.165) is 6.42 Å². The van der Waals surface area contributed by atoms with E-state index in [1.807, 2.05) is 0 Å². The lowest BCUT2D eigenvalue weighted by atomic mass is 9.81. The van der Waals surface area contributed by atoms with Crippen LogP contribution in [-0.4, -0.2) is 26.5 Å². The van der Waals surface area contributed by atoms with E-state index in [0.29, 0.717) is 5.69 Å². The molecule has 20 heavy (non-hydrogen) atoms. The van der Waals surface area contributed by atoms with Gasteiger partial charge in [0.15, 0.2) is 0 Å². The van der Waals surface area contributed by atoms with Gasteiger partial charge < -0.3 is 0 Å². The summed E-state index contributed by atoms with van der Waals surface area (Å²) < 4.78 is 0. The van der Waals surface area contributed by atoms with Crippen molar-refractivity contribution in [3.05, 3.63) is 24.5 Å². The van der Waals surface area contributed by atoms with Gasteiger partial charge in [0, 0.05) is 15.9 Å². The van der Waals surface area contributed by atoms with E-state index in [1.54, 1.807) is 24.5 Å². The van der Waals surface area contributed by atoms with Crippen molar-refractivity contribution in [3.63, 3.8) is 0 Å². The number of hydrogen-bond acceptors (Lipinski definition) is 3. The first-order valence-corrected chi connectivity index (χ1v) is 8.50. The van der Waals surface area contributed by atoms with Crippen molar-refractivity contribution in [2.75, 3.05) is 4.90 Å². The molecular formula is C14H12Br2N2O2. The molecule has 2 saturated carbocycles. The van der Waals surface area contributed by atoms with Crippen LogP contribution in [-0.2, 0) is 9.59 Å². The molecule has 0 unspecified atom stereocenters. The highest BCUT2D eigenvalue weighted by Crippen LogP contribution is 2.60. The topological polar surface area (TPSA) is 50.3 Å². The van der Waals surface area contributed by atoms with Gasteiger partial charge in [-0.1, -0.05) is 31.9 Å². The van der Waals surface area contributed by atoms with E-state index < -0.39 is 0 Å². The van der Waals surface area contributed by atoms with Gasteiger partial charge in [0.05, 0.1) is 23.7 Å². The van der Waals surface area contributed by atoms with Crippen LogP contribution in [0.25, 0.3) is 0 Å². The fourth-order valence-corrected chi connectivity index (χ4v) is 5.96. The van der Waals surface area contributed by atoms with Crippen LogP contribution in [0.3, 0.4) is 0 Å². The highest BCUT2D eigenvalue weighted by Gasteiger charge is 2.66. The summed E-state index contributed by atoms with van der Waals surface area (Å²) in [4.78, 5) is 31.3. The molecule has 1 aromatic heterocycles. The third-order valence-corrected chi connectivity index (χ3v) is 8.10. The molecule has 4 rings (SSSR count). The molecule has 2 heterocycles. The van der Waals surface area contributed by atoms with E-state index in [9.17, 15) is 9.59 Å². The normalized spacial score (nSPS) is 42.4. The van der Waals surface area contributed by atoms with Crippen molar-refractivity contribution in [2.24, 2.45) is 23.7 Å². The van der Waals surface area contributed by atoms with E-state index in [2.05, 4.69) is 36.8 Å². The van der Waals surface area contributed by atoms with Crippen LogP contribution in [0.2, 0.25) is 0 Å². The van der Waals surface area contributed by atoms with E-state index >= 15 is 0 Å². The second kappa shape index (κ2) is 4.37. The summed E-state index contributed by atoms with van der Waals surface area (Å²) >= 11 is 7.36. The maximum atomic E-state index is 12.7. The highest BCUT2D eigenvalue weighted by atomic mass is 79.9. The van der Waals surface area contributed by atoms with Crippen molar-refractivity contribution in [3.8, 4) is 0 Å². The average Bonchev–Trinajstić information content (AvgIpc) is 3.05. The number of anilines is 1. The van der Waals surface area contributed by atoms with Crippen molar-refractivity contribution in [1.82, 2.24) is 4.98 Å². The van der Waals surface area contributed by atoms with Crippen molar-refractivity contribution >= 4 is 49.4 Å². The number of carbonyl (C=O) groups is 2. The van der Waals surface area contributed by atoms with Crippen molar-refractivity contribution in [1.29, 1.82) is 0 Å². The van der Waals surface area contributed by atoms with Gasteiger partial charge in [-0.2, -0.15) is 0 Å². The molecule has 0 radical (unpaired) electrons. The lowest BCUT2D eigenvalue weighted by Gasteiger charge is -2.28. The quantitative estimate of drug-likeness (QED) is 0.538. The summed E-state index contributed by atoms with van der Waals surface area (Å²) in [5, 5.41) is 0. The number of hydrogen-bond donors (Lipinski definition) is 0. The van der Waals surface area contributed by atoms with Crippen LogP contribution < -0.4 is 4.90 Å². The zero-order valence-corrected chi connectivity index (χ0v) is 13.6. The number of halogens is 2. The largest absolute Gasteiger partial charge is 0.274 e.